The first kappa shape index (κ1) is 16.1. The third-order valence-electron chi connectivity index (χ3n) is 2.68. The molecule has 0 aliphatic rings. The lowest BCUT2D eigenvalue weighted by atomic mass is 10.1. The monoisotopic (exact) mass is 339 g/mol. The molecular formula is C14H11Cl2N3O3. The van der Waals surface area contributed by atoms with E-state index in [0.717, 1.165) is 0 Å². The maximum absolute atomic E-state index is 11.8. The van der Waals surface area contributed by atoms with Gasteiger partial charge in [0.25, 0.3) is 11.8 Å². The molecule has 0 saturated heterocycles. The summed E-state index contributed by atoms with van der Waals surface area (Å²) in [5, 5.41) is 15.8. The summed E-state index contributed by atoms with van der Waals surface area (Å²) in [7, 11) is 0. The summed E-state index contributed by atoms with van der Waals surface area (Å²) >= 11 is 11.9. The van der Waals surface area contributed by atoms with E-state index in [2.05, 4.69) is 10.5 Å². The van der Waals surface area contributed by atoms with Gasteiger partial charge in [-0.2, -0.15) is 5.26 Å². The molecule has 0 aliphatic carbocycles. The molecule has 0 saturated carbocycles. The van der Waals surface area contributed by atoms with Crippen molar-refractivity contribution >= 4 is 29.1 Å². The summed E-state index contributed by atoms with van der Waals surface area (Å²) in [4.78, 5) is 11.8. The van der Waals surface area contributed by atoms with Crippen molar-refractivity contribution < 1.29 is 14.1 Å². The lowest BCUT2D eigenvalue weighted by molar-refractivity contribution is -0.123. The Hall–Kier alpha value is -2.23. The molecule has 1 aromatic heterocycles. The molecule has 8 heteroatoms. The zero-order chi connectivity index (χ0) is 16.1. The molecule has 0 fully saturated rings. The van der Waals surface area contributed by atoms with E-state index in [9.17, 15) is 10.1 Å². The molecule has 1 atom stereocenters. The minimum atomic E-state index is -0.929. The zero-order valence-electron chi connectivity index (χ0n) is 11.5. The van der Waals surface area contributed by atoms with Gasteiger partial charge in [0, 0.05) is 11.6 Å². The Balaban J connectivity index is 1.99. The Labute approximate surface area is 136 Å². The fourth-order valence-electron chi connectivity index (χ4n) is 1.68. The van der Waals surface area contributed by atoms with E-state index in [1.54, 1.807) is 31.2 Å². The van der Waals surface area contributed by atoms with Crippen LogP contribution in [0, 0.1) is 18.3 Å². The number of nitrogens with one attached hydrogen (secondary N) is 1. The van der Waals surface area contributed by atoms with Crippen molar-refractivity contribution in [2.45, 2.75) is 13.0 Å². The lowest BCUT2D eigenvalue weighted by Crippen LogP contribution is -2.32. The van der Waals surface area contributed by atoms with Crippen LogP contribution >= 0.6 is 23.2 Å². The van der Waals surface area contributed by atoms with Crippen LogP contribution < -0.4 is 10.1 Å². The Morgan fingerprint density at radius 2 is 2.32 bits per heavy atom. The largest absolute Gasteiger partial charge is 0.465 e. The molecule has 1 amide bonds. The van der Waals surface area contributed by atoms with Crippen LogP contribution in [-0.4, -0.2) is 17.7 Å². The van der Waals surface area contributed by atoms with E-state index in [1.807, 2.05) is 6.07 Å². The quantitative estimate of drug-likeness (QED) is 0.904. The van der Waals surface area contributed by atoms with E-state index >= 15 is 0 Å². The molecule has 1 unspecified atom stereocenters. The van der Waals surface area contributed by atoms with E-state index in [-0.39, 0.29) is 17.5 Å². The number of carbonyl (C=O) groups is 1. The Morgan fingerprint density at radius 3 is 2.95 bits per heavy atom. The van der Waals surface area contributed by atoms with Crippen LogP contribution in [0.15, 0.2) is 28.8 Å². The van der Waals surface area contributed by atoms with Gasteiger partial charge in [-0.05, 0) is 18.1 Å². The van der Waals surface area contributed by atoms with Gasteiger partial charge >= 0.3 is 0 Å². The molecule has 0 radical (unpaired) electrons. The van der Waals surface area contributed by atoms with E-state index in [4.69, 9.17) is 32.5 Å². The molecule has 0 bridgehead atoms. The van der Waals surface area contributed by atoms with Crippen molar-refractivity contribution in [1.29, 1.82) is 5.26 Å². The minimum Gasteiger partial charge on any atom is -0.465 e. The average Bonchev–Trinajstić information content (AvgIpc) is 2.91. The molecule has 0 aliphatic heterocycles. The van der Waals surface area contributed by atoms with Gasteiger partial charge in [-0.15, -0.1) is 0 Å². The van der Waals surface area contributed by atoms with Crippen LogP contribution in [0.25, 0.3) is 0 Å². The molecule has 0 spiro atoms. The average molecular weight is 340 g/mol. The number of hydrogen-bond acceptors (Lipinski definition) is 5. The van der Waals surface area contributed by atoms with Crippen LogP contribution in [0.1, 0.15) is 17.4 Å². The summed E-state index contributed by atoms with van der Waals surface area (Å²) in [6.45, 7) is 1.40. The highest BCUT2D eigenvalue weighted by Gasteiger charge is 2.18. The number of amides is 1. The lowest BCUT2D eigenvalue weighted by Gasteiger charge is -2.14. The van der Waals surface area contributed by atoms with Crippen molar-refractivity contribution in [2.75, 3.05) is 6.61 Å². The van der Waals surface area contributed by atoms with Crippen LogP contribution in [0.5, 0.6) is 5.88 Å². The van der Waals surface area contributed by atoms with Gasteiger partial charge < -0.3 is 14.6 Å². The number of rotatable bonds is 5. The summed E-state index contributed by atoms with van der Waals surface area (Å²) in [6, 6.07) is 7.43. The smallest absolute Gasteiger partial charge is 0.259 e. The van der Waals surface area contributed by atoms with Crippen molar-refractivity contribution in [1.82, 2.24) is 10.5 Å². The number of hydrogen-bond donors (Lipinski definition) is 1. The van der Waals surface area contributed by atoms with Gasteiger partial charge in [0.05, 0.1) is 16.1 Å². The second-order valence-electron chi connectivity index (χ2n) is 4.34. The van der Waals surface area contributed by atoms with Crippen molar-refractivity contribution in [2.24, 2.45) is 0 Å². The summed E-state index contributed by atoms with van der Waals surface area (Å²) in [5.74, 6) is 0.265. The zero-order valence-corrected chi connectivity index (χ0v) is 13.0. The molecule has 2 aromatic rings. The molecule has 114 valence electrons. The Morgan fingerprint density at radius 1 is 1.55 bits per heavy atom. The maximum atomic E-state index is 11.8. The van der Waals surface area contributed by atoms with Crippen molar-refractivity contribution in [3.05, 3.63) is 45.6 Å². The van der Waals surface area contributed by atoms with Crippen LogP contribution in [0.3, 0.4) is 0 Å². The van der Waals surface area contributed by atoms with Gasteiger partial charge in [0.15, 0.2) is 6.61 Å². The third kappa shape index (κ3) is 3.91. The highest BCUT2D eigenvalue weighted by Crippen LogP contribution is 2.29. The fraction of sp³-hybridized carbons (Fsp3) is 0.214. The standard InChI is InChI=1S/C14H11Cl2N3O3/c1-8-5-13(19-22-8)21-7-12(20)18-11(6-17)9-3-2-4-10(15)14(9)16/h2-5,11H,7H2,1H3,(H,18,20). The number of nitrogens with zero attached hydrogens (tertiary/aromatic N) is 2. The van der Waals surface area contributed by atoms with Crippen LogP contribution in [0.2, 0.25) is 10.0 Å². The number of aryl methyl sites for hydroxylation is 1. The predicted molar refractivity (Wildman–Crippen MR) is 79.7 cm³/mol. The second-order valence-corrected chi connectivity index (χ2v) is 5.12. The number of aromatic nitrogens is 1. The molecule has 1 N–H and O–H groups in total. The van der Waals surface area contributed by atoms with E-state index < -0.39 is 11.9 Å². The van der Waals surface area contributed by atoms with E-state index in [1.165, 1.54) is 0 Å². The van der Waals surface area contributed by atoms with Gasteiger partial charge in [0.1, 0.15) is 11.8 Å². The maximum Gasteiger partial charge on any atom is 0.259 e. The van der Waals surface area contributed by atoms with Gasteiger partial charge in [-0.3, -0.25) is 4.79 Å². The molecule has 6 nitrogen and oxygen atoms in total. The summed E-state index contributed by atoms with van der Waals surface area (Å²) in [5.41, 5.74) is 0.419. The van der Waals surface area contributed by atoms with Gasteiger partial charge in [-0.1, -0.05) is 35.3 Å². The summed E-state index contributed by atoms with van der Waals surface area (Å²) in [6.07, 6.45) is 0. The normalized spacial score (nSPS) is 11.5. The predicted octanol–water partition coefficient (Wildman–Crippen LogP) is 3.05. The Bertz CT molecular complexity index is 724. The highest BCUT2D eigenvalue weighted by molar-refractivity contribution is 6.42. The molecule has 1 aromatic carbocycles. The van der Waals surface area contributed by atoms with Crippen LogP contribution in [0.4, 0.5) is 0 Å². The number of halogens is 2. The molecule has 1 heterocycles. The van der Waals surface area contributed by atoms with Crippen LogP contribution in [-0.2, 0) is 4.79 Å². The van der Waals surface area contributed by atoms with Gasteiger partial charge in [-0.25, -0.2) is 0 Å². The first-order chi connectivity index (χ1) is 10.5. The summed E-state index contributed by atoms with van der Waals surface area (Å²) < 4.78 is 9.94. The Kier molecular flexibility index (Phi) is 5.26. The van der Waals surface area contributed by atoms with Gasteiger partial charge in [0.2, 0.25) is 0 Å². The minimum absolute atomic E-state index is 0.196. The van der Waals surface area contributed by atoms with E-state index in [0.29, 0.717) is 16.3 Å². The van der Waals surface area contributed by atoms with Crippen molar-refractivity contribution in [3.63, 3.8) is 0 Å². The molecular weight excluding hydrogens is 329 g/mol. The number of nitriles is 1. The first-order valence-electron chi connectivity index (χ1n) is 6.20. The topological polar surface area (TPSA) is 88.1 Å². The fourth-order valence-corrected chi connectivity index (χ4v) is 2.09. The first-order valence-corrected chi connectivity index (χ1v) is 6.96. The molecule has 22 heavy (non-hydrogen) atoms. The third-order valence-corrected chi connectivity index (χ3v) is 3.52. The highest BCUT2D eigenvalue weighted by atomic mass is 35.5. The second kappa shape index (κ2) is 7.16. The van der Waals surface area contributed by atoms with Crippen molar-refractivity contribution in [3.8, 4) is 11.9 Å². The number of carbonyl (C=O) groups excluding carboxylic acids is 1. The number of benzene rings is 1. The number of ether oxygens (including phenoxy) is 1. The SMILES string of the molecule is Cc1cc(OCC(=O)NC(C#N)c2cccc(Cl)c2Cl)no1. The molecule has 2 rings (SSSR count).